The Balaban J connectivity index is 2.07. The lowest BCUT2D eigenvalue weighted by Gasteiger charge is -2.33. The molecule has 0 bridgehead atoms. The molecule has 6 heteroatoms. The molecule has 0 atom stereocenters. The third kappa shape index (κ3) is 1.77. The normalized spacial score (nSPS) is 19.4. The van der Waals surface area contributed by atoms with E-state index in [1.54, 1.807) is 16.1 Å². The van der Waals surface area contributed by atoms with Gasteiger partial charge in [-0.2, -0.15) is 4.80 Å². The first-order valence-electron chi connectivity index (χ1n) is 5.80. The minimum atomic E-state index is -0.0341. The number of rotatable bonds is 2. The average molecular weight is 249 g/mol. The molecule has 1 saturated heterocycles. The molecule has 2 aromatic rings. The monoisotopic (exact) mass is 249 g/mol. The van der Waals surface area contributed by atoms with Crippen LogP contribution in [-0.2, 0) is 12.5 Å². The number of hydrogen-bond donors (Lipinski definition) is 1. The second-order valence-electron chi connectivity index (χ2n) is 4.41. The molecule has 1 aliphatic rings. The molecule has 3 heterocycles. The second-order valence-corrected chi connectivity index (χ2v) is 5.36. The van der Waals surface area contributed by atoms with Gasteiger partial charge in [-0.3, -0.25) is 0 Å². The van der Waals surface area contributed by atoms with Crippen LogP contribution >= 0.6 is 11.3 Å². The van der Waals surface area contributed by atoms with Crippen LogP contribution in [0.5, 0.6) is 0 Å². The maximum atomic E-state index is 4.44. The van der Waals surface area contributed by atoms with E-state index < -0.39 is 0 Å². The Morgan fingerprint density at radius 2 is 2.24 bits per heavy atom. The van der Waals surface area contributed by atoms with Gasteiger partial charge in [-0.25, -0.2) is 0 Å². The summed E-state index contributed by atoms with van der Waals surface area (Å²) in [6.45, 7) is 2.02. The van der Waals surface area contributed by atoms with Crippen LogP contribution in [0.2, 0.25) is 0 Å². The summed E-state index contributed by atoms with van der Waals surface area (Å²) in [7, 11) is 1.82. The molecule has 0 spiro atoms. The maximum Gasteiger partial charge on any atom is 0.186 e. The van der Waals surface area contributed by atoms with Crippen LogP contribution in [-0.4, -0.2) is 33.3 Å². The Morgan fingerprint density at radius 1 is 1.41 bits per heavy atom. The first kappa shape index (κ1) is 10.9. The van der Waals surface area contributed by atoms with Gasteiger partial charge in [-0.1, -0.05) is 6.07 Å². The van der Waals surface area contributed by atoms with Crippen molar-refractivity contribution in [3.63, 3.8) is 0 Å². The van der Waals surface area contributed by atoms with Gasteiger partial charge < -0.3 is 5.32 Å². The van der Waals surface area contributed by atoms with Crippen molar-refractivity contribution in [2.45, 2.75) is 18.3 Å². The lowest BCUT2D eigenvalue weighted by molar-refractivity contribution is 0.350. The van der Waals surface area contributed by atoms with Crippen LogP contribution in [0.25, 0.3) is 0 Å². The minimum absolute atomic E-state index is 0.0341. The molecule has 2 aromatic heterocycles. The number of nitrogens with zero attached hydrogens (tertiary/aromatic N) is 4. The number of nitrogens with one attached hydrogen (secondary N) is 1. The van der Waals surface area contributed by atoms with Crippen LogP contribution in [0.1, 0.15) is 23.5 Å². The van der Waals surface area contributed by atoms with Crippen molar-refractivity contribution in [1.29, 1.82) is 0 Å². The Bertz CT molecular complexity index is 484. The predicted molar refractivity (Wildman–Crippen MR) is 66.0 cm³/mol. The van der Waals surface area contributed by atoms with Crippen molar-refractivity contribution in [3.8, 4) is 0 Å². The Labute approximate surface area is 104 Å². The summed E-state index contributed by atoms with van der Waals surface area (Å²) >= 11 is 1.79. The van der Waals surface area contributed by atoms with Gasteiger partial charge in [-0.15, -0.1) is 21.5 Å². The largest absolute Gasteiger partial charge is 0.317 e. The summed E-state index contributed by atoms with van der Waals surface area (Å²) in [6, 6.07) is 4.28. The van der Waals surface area contributed by atoms with Gasteiger partial charge in [0, 0.05) is 4.88 Å². The van der Waals surface area contributed by atoms with E-state index in [0.717, 1.165) is 31.8 Å². The van der Waals surface area contributed by atoms with Gasteiger partial charge in [0.1, 0.15) is 0 Å². The Morgan fingerprint density at radius 3 is 2.82 bits per heavy atom. The highest BCUT2D eigenvalue weighted by Crippen LogP contribution is 2.40. The SMILES string of the molecule is Cn1nnc(C2(c3cccs3)CCNCC2)n1. The molecule has 90 valence electrons. The van der Waals surface area contributed by atoms with Crippen molar-refractivity contribution in [1.82, 2.24) is 25.5 Å². The number of aryl methyl sites for hydroxylation is 1. The van der Waals surface area contributed by atoms with Crippen LogP contribution in [0.15, 0.2) is 17.5 Å². The molecule has 0 aliphatic carbocycles. The summed E-state index contributed by atoms with van der Waals surface area (Å²) in [5.74, 6) is 0.865. The molecule has 5 nitrogen and oxygen atoms in total. The molecule has 1 aliphatic heterocycles. The van der Waals surface area contributed by atoms with E-state index in [0.29, 0.717) is 0 Å². The summed E-state index contributed by atoms with van der Waals surface area (Å²) in [6.07, 6.45) is 2.08. The predicted octanol–water partition coefficient (Wildman–Crippen LogP) is 0.941. The zero-order chi connectivity index (χ0) is 11.7. The highest BCUT2D eigenvalue weighted by Gasteiger charge is 2.40. The quantitative estimate of drug-likeness (QED) is 0.860. The van der Waals surface area contributed by atoms with Gasteiger partial charge in [0.05, 0.1) is 12.5 Å². The number of hydrogen-bond acceptors (Lipinski definition) is 5. The van der Waals surface area contributed by atoms with Gasteiger partial charge >= 0.3 is 0 Å². The van der Waals surface area contributed by atoms with Gasteiger partial charge in [0.25, 0.3) is 0 Å². The zero-order valence-corrected chi connectivity index (χ0v) is 10.6. The molecule has 0 unspecified atom stereocenters. The maximum absolute atomic E-state index is 4.44. The van der Waals surface area contributed by atoms with E-state index in [-0.39, 0.29) is 5.41 Å². The van der Waals surface area contributed by atoms with Gasteiger partial charge in [0.15, 0.2) is 5.82 Å². The van der Waals surface area contributed by atoms with Crippen molar-refractivity contribution in [2.75, 3.05) is 13.1 Å². The van der Waals surface area contributed by atoms with Crippen LogP contribution in [0.4, 0.5) is 0 Å². The third-order valence-corrected chi connectivity index (χ3v) is 4.46. The fourth-order valence-electron chi connectivity index (χ4n) is 2.46. The topological polar surface area (TPSA) is 55.6 Å². The average Bonchev–Trinajstić information content (AvgIpc) is 3.01. The van der Waals surface area contributed by atoms with Crippen molar-refractivity contribution in [2.24, 2.45) is 7.05 Å². The Hall–Kier alpha value is -1.27. The van der Waals surface area contributed by atoms with Crippen molar-refractivity contribution >= 4 is 11.3 Å². The Kier molecular flexibility index (Phi) is 2.68. The number of piperidine rings is 1. The van der Waals surface area contributed by atoms with Crippen LogP contribution in [0, 0.1) is 0 Å². The van der Waals surface area contributed by atoms with E-state index in [9.17, 15) is 0 Å². The first-order valence-corrected chi connectivity index (χ1v) is 6.68. The van der Waals surface area contributed by atoms with Crippen LogP contribution < -0.4 is 5.32 Å². The molecule has 3 rings (SSSR count). The minimum Gasteiger partial charge on any atom is -0.317 e. The first-order chi connectivity index (χ1) is 8.31. The number of aromatic nitrogens is 4. The second kappa shape index (κ2) is 4.19. The standard InChI is InChI=1S/C11H15N5S/c1-16-14-10(13-15-16)11(4-6-12-7-5-11)9-3-2-8-17-9/h2-3,8,12H,4-7H2,1H3. The van der Waals surface area contributed by atoms with Gasteiger partial charge in [0.2, 0.25) is 0 Å². The molecule has 0 radical (unpaired) electrons. The fourth-order valence-corrected chi connectivity index (χ4v) is 3.44. The number of thiophene rings is 1. The molecule has 1 fully saturated rings. The summed E-state index contributed by atoms with van der Waals surface area (Å²) in [5, 5.41) is 18.2. The lowest BCUT2D eigenvalue weighted by atomic mass is 9.77. The lowest BCUT2D eigenvalue weighted by Crippen LogP contribution is -2.41. The van der Waals surface area contributed by atoms with Crippen molar-refractivity contribution < 1.29 is 0 Å². The van der Waals surface area contributed by atoms with E-state index in [2.05, 4.69) is 38.2 Å². The zero-order valence-electron chi connectivity index (χ0n) is 9.76. The number of tetrazole rings is 1. The van der Waals surface area contributed by atoms with E-state index in [4.69, 9.17) is 0 Å². The van der Waals surface area contributed by atoms with Crippen molar-refractivity contribution in [3.05, 3.63) is 28.2 Å². The summed E-state index contributed by atoms with van der Waals surface area (Å²) < 4.78 is 0. The molecule has 1 N–H and O–H groups in total. The fraction of sp³-hybridized carbons (Fsp3) is 0.545. The van der Waals surface area contributed by atoms with E-state index >= 15 is 0 Å². The summed E-state index contributed by atoms with van der Waals surface area (Å²) in [4.78, 5) is 2.90. The van der Waals surface area contributed by atoms with Gasteiger partial charge in [-0.05, 0) is 42.6 Å². The van der Waals surface area contributed by atoms with E-state index in [1.807, 2.05) is 7.05 Å². The van der Waals surface area contributed by atoms with Crippen LogP contribution in [0.3, 0.4) is 0 Å². The highest BCUT2D eigenvalue weighted by atomic mass is 32.1. The van der Waals surface area contributed by atoms with E-state index in [1.165, 1.54) is 4.88 Å². The highest BCUT2D eigenvalue weighted by molar-refractivity contribution is 7.10. The third-order valence-electron chi connectivity index (χ3n) is 3.39. The molecule has 0 saturated carbocycles. The molecule has 17 heavy (non-hydrogen) atoms. The molecular formula is C11H15N5S. The smallest absolute Gasteiger partial charge is 0.186 e. The molecular weight excluding hydrogens is 234 g/mol. The molecule has 0 amide bonds. The molecule has 0 aromatic carbocycles. The summed E-state index contributed by atoms with van der Waals surface area (Å²) in [5.41, 5.74) is -0.0341.